The average Bonchev–Trinajstić information content (AvgIpc) is 2.78. The highest BCUT2D eigenvalue weighted by Gasteiger charge is 2.09. The summed E-state index contributed by atoms with van der Waals surface area (Å²) in [7, 11) is 0. The van der Waals surface area contributed by atoms with Crippen LogP contribution in [0.1, 0.15) is 11.1 Å². The molecular formula is C16H16BrN3. The van der Waals surface area contributed by atoms with E-state index in [0.29, 0.717) is 6.54 Å². The first-order valence-electron chi connectivity index (χ1n) is 6.64. The molecule has 2 aromatic heterocycles. The van der Waals surface area contributed by atoms with Crippen molar-refractivity contribution >= 4 is 26.8 Å². The van der Waals surface area contributed by atoms with Crippen LogP contribution in [0.2, 0.25) is 0 Å². The van der Waals surface area contributed by atoms with Crippen molar-refractivity contribution in [1.82, 2.24) is 9.55 Å². The Labute approximate surface area is 126 Å². The Morgan fingerprint density at radius 3 is 2.90 bits per heavy atom. The van der Waals surface area contributed by atoms with E-state index in [1.807, 2.05) is 12.3 Å². The van der Waals surface area contributed by atoms with Gasteiger partial charge in [0.05, 0.1) is 0 Å². The van der Waals surface area contributed by atoms with E-state index in [2.05, 4.69) is 55.9 Å². The topological polar surface area (TPSA) is 43.8 Å². The molecule has 0 aliphatic carbocycles. The molecule has 1 aromatic carbocycles. The Bertz CT molecular complexity index is 719. The van der Waals surface area contributed by atoms with Crippen LogP contribution in [-0.4, -0.2) is 16.1 Å². The lowest BCUT2D eigenvalue weighted by Crippen LogP contribution is -2.02. The van der Waals surface area contributed by atoms with Crippen LogP contribution < -0.4 is 5.73 Å². The highest BCUT2D eigenvalue weighted by Crippen LogP contribution is 2.26. The Morgan fingerprint density at radius 2 is 2.15 bits per heavy atom. The molecular weight excluding hydrogens is 314 g/mol. The molecule has 0 aliphatic heterocycles. The maximum Gasteiger partial charge on any atom is 0.0497 e. The number of pyridine rings is 1. The number of halogens is 1. The van der Waals surface area contributed by atoms with Crippen molar-refractivity contribution in [2.45, 2.75) is 13.0 Å². The van der Waals surface area contributed by atoms with Crippen LogP contribution in [0, 0.1) is 0 Å². The zero-order valence-electron chi connectivity index (χ0n) is 11.1. The smallest absolute Gasteiger partial charge is 0.0497 e. The minimum Gasteiger partial charge on any atom is -0.343 e. The monoisotopic (exact) mass is 329 g/mol. The first-order valence-corrected chi connectivity index (χ1v) is 7.43. The lowest BCUT2D eigenvalue weighted by atomic mass is 10.1. The van der Waals surface area contributed by atoms with Crippen molar-refractivity contribution < 1.29 is 0 Å². The lowest BCUT2D eigenvalue weighted by molar-refractivity contribution is 0.822. The van der Waals surface area contributed by atoms with Crippen LogP contribution in [0.25, 0.3) is 10.9 Å². The number of fused-ring (bicyclic) bond motifs is 1. The SMILES string of the molecule is NCCc1cn(Cc2cccnc2)c2cc(Br)ccc12. The number of hydrogen-bond acceptors (Lipinski definition) is 2. The highest BCUT2D eigenvalue weighted by atomic mass is 79.9. The zero-order valence-corrected chi connectivity index (χ0v) is 12.7. The van der Waals surface area contributed by atoms with Crippen molar-refractivity contribution in [3.63, 3.8) is 0 Å². The van der Waals surface area contributed by atoms with Crippen LogP contribution in [-0.2, 0) is 13.0 Å². The third-order valence-corrected chi connectivity index (χ3v) is 3.91. The Kier molecular flexibility index (Phi) is 3.85. The lowest BCUT2D eigenvalue weighted by Gasteiger charge is -2.05. The van der Waals surface area contributed by atoms with E-state index in [1.165, 1.54) is 22.0 Å². The van der Waals surface area contributed by atoms with Gasteiger partial charge in [0.2, 0.25) is 0 Å². The number of rotatable bonds is 4. The van der Waals surface area contributed by atoms with Crippen LogP contribution >= 0.6 is 15.9 Å². The number of nitrogens with zero attached hydrogens (tertiary/aromatic N) is 2. The van der Waals surface area contributed by atoms with Gasteiger partial charge in [0.25, 0.3) is 0 Å². The van der Waals surface area contributed by atoms with Gasteiger partial charge in [-0.25, -0.2) is 0 Å². The van der Waals surface area contributed by atoms with Gasteiger partial charge in [-0.15, -0.1) is 0 Å². The summed E-state index contributed by atoms with van der Waals surface area (Å²) < 4.78 is 3.36. The highest BCUT2D eigenvalue weighted by molar-refractivity contribution is 9.10. The molecule has 3 nitrogen and oxygen atoms in total. The first-order chi connectivity index (χ1) is 9.78. The second kappa shape index (κ2) is 5.77. The van der Waals surface area contributed by atoms with Crippen molar-refractivity contribution in [2.75, 3.05) is 6.54 Å². The summed E-state index contributed by atoms with van der Waals surface area (Å²) in [5.74, 6) is 0. The Balaban J connectivity index is 2.07. The van der Waals surface area contributed by atoms with E-state index in [4.69, 9.17) is 5.73 Å². The number of benzene rings is 1. The summed E-state index contributed by atoms with van der Waals surface area (Å²) in [5, 5.41) is 1.28. The molecule has 2 N–H and O–H groups in total. The van der Waals surface area contributed by atoms with Gasteiger partial charge in [-0.05, 0) is 42.3 Å². The van der Waals surface area contributed by atoms with E-state index in [-0.39, 0.29) is 0 Å². The largest absolute Gasteiger partial charge is 0.343 e. The molecule has 0 saturated heterocycles. The van der Waals surface area contributed by atoms with Gasteiger partial charge in [-0.2, -0.15) is 0 Å². The number of hydrogen-bond donors (Lipinski definition) is 1. The molecule has 0 radical (unpaired) electrons. The first kappa shape index (κ1) is 13.3. The molecule has 102 valence electrons. The molecule has 20 heavy (non-hydrogen) atoms. The fraction of sp³-hybridized carbons (Fsp3) is 0.188. The second-order valence-electron chi connectivity index (χ2n) is 4.84. The summed E-state index contributed by atoms with van der Waals surface area (Å²) in [4.78, 5) is 4.18. The van der Waals surface area contributed by atoms with Gasteiger partial charge in [0.15, 0.2) is 0 Å². The fourth-order valence-electron chi connectivity index (χ4n) is 2.52. The minimum atomic E-state index is 0.669. The molecule has 0 aliphatic rings. The predicted molar refractivity (Wildman–Crippen MR) is 85.7 cm³/mol. The third-order valence-electron chi connectivity index (χ3n) is 3.42. The standard InChI is InChI=1S/C16H16BrN3/c17-14-3-4-15-13(5-6-18)11-20(16(15)8-14)10-12-2-1-7-19-9-12/h1-4,7-9,11H,5-6,10,18H2. The van der Waals surface area contributed by atoms with Crippen LogP contribution in [0.4, 0.5) is 0 Å². The Hall–Kier alpha value is -1.65. The molecule has 0 atom stereocenters. The van der Waals surface area contributed by atoms with Gasteiger partial charge < -0.3 is 10.3 Å². The van der Waals surface area contributed by atoms with Crippen molar-refractivity contribution in [3.05, 3.63) is 64.5 Å². The number of aromatic nitrogens is 2. The van der Waals surface area contributed by atoms with Gasteiger partial charge in [-0.3, -0.25) is 4.98 Å². The summed E-state index contributed by atoms with van der Waals surface area (Å²) in [5.41, 5.74) is 9.45. The molecule has 0 amide bonds. The number of nitrogens with two attached hydrogens (primary N) is 1. The van der Waals surface area contributed by atoms with Crippen LogP contribution in [0.3, 0.4) is 0 Å². The fourth-order valence-corrected chi connectivity index (χ4v) is 2.86. The minimum absolute atomic E-state index is 0.669. The molecule has 3 rings (SSSR count). The summed E-state index contributed by atoms with van der Waals surface area (Å²) >= 11 is 3.55. The third kappa shape index (κ3) is 2.62. The van der Waals surface area contributed by atoms with Crippen molar-refractivity contribution in [2.24, 2.45) is 5.73 Å². The van der Waals surface area contributed by atoms with Gasteiger partial charge >= 0.3 is 0 Å². The van der Waals surface area contributed by atoms with E-state index >= 15 is 0 Å². The van der Waals surface area contributed by atoms with Gasteiger partial charge in [0, 0.05) is 40.5 Å². The molecule has 4 heteroatoms. The summed E-state index contributed by atoms with van der Waals surface area (Å²) in [6.07, 6.45) is 6.81. The van der Waals surface area contributed by atoms with E-state index < -0.39 is 0 Å². The van der Waals surface area contributed by atoms with Crippen molar-refractivity contribution in [3.8, 4) is 0 Å². The molecule has 2 heterocycles. The maximum atomic E-state index is 5.71. The summed E-state index contributed by atoms with van der Waals surface area (Å²) in [6.45, 7) is 1.49. The quantitative estimate of drug-likeness (QED) is 0.797. The van der Waals surface area contributed by atoms with Crippen LogP contribution in [0.5, 0.6) is 0 Å². The maximum absolute atomic E-state index is 5.71. The molecule has 3 aromatic rings. The van der Waals surface area contributed by atoms with E-state index in [9.17, 15) is 0 Å². The second-order valence-corrected chi connectivity index (χ2v) is 5.76. The molecule has 0 unspecified atom stereocenters. The van der Waals surface area contributed by atoms with Crippen LogP contribution in [0.15, 0.2) is 53.4 Å². The zero-order chi connectivity index (χ0) is 13.9. The molecule has 0 bridgehead atoms. The normalized spacial score (nSPS) is 11.1. The molecule has 0 spiro atoms. The average molecular weight is 330 g/mol. The Morgan fingerprint density at radius 1 is 1.25 bits per heavy atom. The van der Waals surface area contributed by atoms with Gasteiger partial charge in [0.1, 0.15) is 0 Å². The van der Waals surface area contributed by atoms with Crippen molar-refractivity contribution in [1.29, 1.82) is 0 Å². The molecule has 0 fully saturated rings. The van der Waals surface area contributed by atoms with E-state index in [0.717, 1.165) is 17.4 Å². The summed E-state index contributed by atoms with van der Waals surface area (Å²) in [6, 6.07) is 10.5. The van der Waals surface area contributed by atoms with E-state index in [1.54, 1.807) is 6.20 Å². The predicted octanol–water partition coefficient (Wildman–Crippen LogP) is 3.35. The molecule has 0 saturated carbocycles. The van der Waals surface area contributed by atoms with Gasteiger partial charge in [-0.1, -0.05) is 28.1 Å².